The number of anilines is 1. The second-order valence-corrected chi connectivity index (χ2v) is 5.98. The highest BCUT2D eigenvalue weighted by atomic mass is 32.2. The van der Waals surface area contributed by atoms with Crippen LogP contribution in [0.4, 0.5) is 5.69 Å². The Bertz CT molecular complexity index is 523. The van der Waals surface area contributed by atoms with Crippen LogP contribution < -0.4 is 9.04 Å². The van der Waals surface area contributed by atoms with Gasteiger partial charge < -0.3 is 9.84 Å². The Hall–Kier alpha value is -1.76. The van der Waals surface area contributed by atoms with Crippen molar-refractivity contribution in [3.8, 4) is 5.75 Å². The van der Waals surface area contributed by atoms with Crippen LogP contribution in [0.2, 0.25) is 0 Å². The monoisotopic (exact) mass is 273 g/mol. The number of carboxylic acid groups (broad SMARTS) is 1. The molecule has 0 radical (unpaired) electrons. The third-order valence-corrected chi connectivity index (χ3v) is 4.68. The van der Waals surface area contributed by atoms with E-state index < -0.39 is 21.2 Å². The lowest BCUT2D eigenvalue weighted by molar-refractivity contribution is -0.136. The Labute approximate surface area is 106 Å². The summed E-state index contributed by atoms with van der Waals surface area (Å²) >= 11 is 0. The molecule has 1 N–H and O–H groups in total. The number of carboxylic acids is 1. The molecule has 0 aromatic heterocycles. The molecule has 0 amide bonds. The van der Waals surface area contributed by atoms with Crippen LogP contribution in [-0.4, -0.2) is 38.9 Å². The van der Waals surface area contributed by atoms with Gasteiger partial charge in [0.25, 0.3) is 0 Å². The summed E-state index contributed by atoms with van der Waals surface area (Å²) in [5, 5.41) is 7.27. The van der Waals surface area contributed by atoms with E-state index in [-0.39, 0.29) is 0 Å². The van der Waals surface area contributed by atoms with Crippen molar-refractivity contribution in [2.75, 3.05) is 18.5 Å². The Kier molecular flexibility index (Phi) is 4.18. The predicted molar refractivity (Wildman–Crippen MR) is 67.4 cm³/mol. The van der Waals surface area contributed by atoms with Crippen LogP contribution in [-0.2, 0) is 14.8 Å². The van der Waals surface area contributed by atoms with Crippen molar-refractivity contribution >= 4 is 21.7 Å². The largest absolute Gasteiger partial charge is 0.497 e. The summed E-state index contributed by atoms with van der Waals surface area (Å²) in [5.74, 6) is -0.786. The molecule has 0 heterocycles. The summed E-state index contributed by atoms with van der Waals surface area (Å²) < 4.78 is 29.8. The van der Waals surface area contributed by atoms with E-state index in [9.17, 15) is 13.2 Å². The maximum absolute atomic E-state index is 11.9. The molecular weight excluding hydrogens is 258 g/mol. The van der Waals surface area contributed by atoms with Gasteiger partial charge in [-0.05, 0) is 31.2 Å². The maximum Gasteiger partial charge on any atom is 0.323 e. The number of nitrogens with zero attached hydrogens (tertiary/aromatic N) is 1. The second-order valence-electron chi connectivity index (χ2n) is 3.69. The number of carbonyl (C=O) groups is 1. The lowest BCUT2D eigenvalue weighted by atomic mass is 10.3. The van der Waals surface area contributed by atoms with E-state index in [1.807, 2.05) is 0 Å². The molecule has 18 heavy (non-hydrogen) atoms. The topological polar surface area (TPSA) is 83.9 Å². The SMILES string of the molecule is COc1ccc(N(C)S(=O)(=O)C(C)C(=O)O)cc1. The van der Waals surface area contributed by atoms with Crippen molar-refractivity contribution in [1.29, 1.82) is 0 Å². The van der Waals surface area contributed by atoms with Crippen LogP contribution in [0.15, 0.2) is 24.3 Å². The van der Waals surface area contributed by atoms with Crippen molar-refractivity contribution in [2.45, 2.75) is 12.2 Å². The van der Waals surface area contributed by atoms with E-state index in [2.05, 4.69) is 0 Å². The lowest BCUT2D eigenvalue weighted by Gasteiger charge is -2.21. The summed E-state index contributed by atoms with van der Waals surface area (Å²) in [6.07, 6.45) is 0. The normalized spacial score (nSPS) is 12.8. The fourth-order valence-corrected chi connectivity index (χ4v) is 2.45. The lowest BCUT2D eigenvalue weighted by Crippen LogP contribution is -2.38. The first kappa shape index (κ1) is 14.3. The van der Waals surface area contributed by atoms with E-state index in [1.165, 1.54) is 14.2 Å². The van der Waals surface area contributed by atoms with Gasteiger partial charge in [-0.3, -0.25) is 9.10 Å². The molecule has 6 nitrogen and oxygen atoms in total. The van der Waals surface area contributed by atoms with Gasteiger partial charge in [0.15, 0.2) is 5.25 Å². The van der Waals surface area contributed by atoms with Gasteiger partial charge in [0, 0.05) is 7.05 Å². The predicted octanol–water partition coefficient (Wildman–Crippen LogP) is 0.934. The number of ether oxygens (including phenoxy) is 1. The molecule has 0 fully saturated rings. The highest BCUT2D eigenvalue weighted by Crippen LogP contribution is 2.22. The third kappa shape index (κ3) is 2.73. The van der Waals surface area contributed by atoms with Gasteiger partial charge in [0.2, 0.25) is 10.0 Å². The van der Waals surface area contributed by atoms with Crippen molar-refractivity contribution < 1.29 is 23.1 Å². The van der Waals surface area contributed by atoms with Gasteiger partial charge in [0.05, 0.1) is 12.8 Å². The first-order valence-electron chi connectivity index (χ1n) is 5.15. The molecule has 100 valence electrons. The summed E-state index contributed by atoms with van der Waals surface area (Å²) in [4.78, 5) is 10.8. The molecule has 1 aromatic rings. The highest BCUT2D eigenvalue weighted by Gasteiger charge is 2.31. The maximum atomic E-state index is 11.9. The molecule has 1 unspecified atom stereocenters. The summed E-state index contributed by atoms with van der Waals surface area (Å²) in [7, 11) is -1.10. The zero-order chi connectivity index (χ0) is 13.9. The minimum Gasteiger partial charge on any atom is -0.497 e. The second kappa shape index (κ2) is 5.26. The van der Waals surface area contributed by atoms with Crippen LogP contribution in [0.25, 0.3) is 0 Å². The molecular formula is C11H15NO5S. The van der Waals surface area contributed by atoms with Gasteiger partial charge in [0.1, 0.15) is 5.75 Å². The first-order valence-corrected chi connectivity index (χ1v) is 6.65. The number of sulfonamides is 1. The van der Waals surface area contributed by atoms with Crippen LogP contribution >= 0.6 is 0 Å². The number of hydrogen-bond acceptors (Lipinski definition) is 4. The fraction of sp³-hybridized carbons (Fsp3) is 0.364. The van der Waals surface area contributed by atoms with E-state index in [1.54, 1.807) is 24.3 Å². The molecule has 1 rings (SSSR count). The standard InChI is InChI=1S/C11H15NO5S/c1-8(11(13)14)18(15,16)12(2)9-4-6-10(17-3)7-5-9/h4-8H,1-3H3,(H,13,14). The van der Waals surface area contributed by atoms with Crippen LogP contribution in [0.1, 0.15) is 6.92 Å². The Morgan fingerprint density at radius 3 is 2.22 bits per heavy atom. The van der Waals surface area contributed by atoms with Crippen LogP contribution in [0, 0.1) is 0 Å². The Morgan fingerprint density at radius 1 is 1.33 bits per heavy atom. The average molecular weight is 273 g/mol. The molecule has 0 aliphatic rings. The first-order chi connectivity index (χ1) is 8.30. The summed E-state index contributed by atoms with van der Waals surface area (Å²) in [5.41, 5.74) is 0.379. The quantitative estimate of drug-likeness (QED) is 0.863. The van der Waals surface area contributed by atoms with Gasteiger partial charge >= 0.3 is 5.97 Å². The molecule has 0 saturated carbocycles. The molecule has 0 spiro atoms. The fourth-order valence-electron chi connectivity index (χ4n) is 1.30. The zero-order valence-electron chi connectivity index (χ0n) is 10.3. The third-order valence-electron chi connectivity index (χ3n) is 2.61. The van der Waals surface area contributed by atoms with E-state index in [0.29, 0.717) is 11.4 Å². The number of benzene rings is 1. The van der Waals surface area contributed by atoms with Crippen molar-refractivity contribution in [2.24, 2.45) is 0 Å². The van der Waals surface area contributed by atoms with E-state index >= 15 is 0 Å². The minimum atomic E-state index is -3.92. The number of rotatable bonds is 5. The molecule has 1 aromatic carbocycles. The van der Waals surface area contributed by atoms with Crippen LogP contribution in [0.3, 0.4) is 0 Å². The van der Waals surface area contributed by atoms with Gasteiger partial charge in [-0.1, -0.05) is 0 Å². The number of methoxy groups -OCH3 is 1. The van der Waals surface area contributed by atoms with Gasteiger partial charge in [-0.15, -0.1) is 0 Å². The minimum absolute atomic E-state index is 0.379. The zero-order valence-corrected chi connectivity index (χ0v) is 11.1. The van der Waals surface area contributed by atoms with E-state index in [4.69, 9.17) is 9.84 Å². The van der Waals surface area contributed by atoms with Gasteiger partial charge in [-0.25, -0.2) is 8.42 Å². The molecule has 0 saturated heterocycles. The Morgan fingerprint density at radius 2 is 1.83 bits per heavy atom. The van der Waals surface area contributed by atoms with Crippen molar-refractivity contribution in [1.82, 2.24) is 0 Å². The smallest absolute Gasteiger partial charge is 0.323 e. The van der Waals surface area contributed by atoms with Crippen LogP contribution in [0.5, 0.6) is 5.75 Å². The molecule has 0 aliphatic heterocycles. The summed E-state index contributed by atoms with van der Waals surface area (Å²) in [6.45, 7) is 1.14. The Balaban J connectivity index is 3.05. The van der Waals surface area contributed by atoms with E-state index in [0.717, 1.165) is 11.2 Å². The average Bonchev–Trinajstić information content (AvgIpc) is 2.36. The van der Waals surface area contributed by atoms with Crippen molar-refractivity contribution in [3.63, 3.8) is 0 Å². The summed E-state index contributed by atoms with van der Waals surface area (Å²) in [6, 6.07) is 6.30. The molecule has 0 bridgehead atoms. The molecule has 7 heteroatoms. The molecule has 1 atom stereocenters. The number of hydrogen-bond donors (Lipinski definition) is 1. The van der Waals surface area contributed by atoms with Gasteiger partial charge in [-0.2, -0.15) is 0 Å². The highest BCUT2D eigenvalue weighted by molar-refractivity contribution is 7.94. The number of aliphatic carboxylic acids is 1. The molecule has 0 aliphatic carbocycles. The van der Waals surface area contributed by atoms with Crippen molar-refractivity contribution in [3.05, 3.63) is 24.3 Å².